The van der Waals surface area contributed by atoms with E-state index in [2.05, 4.69) is 24.9 Å². The van der Waals surface area contributed by atoms with Crippen LogP contribution in [0.4, 0.5) is 0 Å². The molecule has 0 saturated heterocycles. The fourth-order valence-corrected chi connectivity index (χ4v) is 0.955. The van der Waals surface area contributed by atoms with Gasteiger partial charge in [-0.15, -0.1) is 0 Å². The van der Waals surface area contributed by atoms with Crippen molar-refractivity contribution in [3.63, 3.8) is 0 Å². The summed E-state index contributed by atoms with van der Waals surface area (Å²) in [6.07, 6.45) is 2.14. The van der Waals surface area contributed by atoms with E-state index in [4.69, 9.17) is 0 Å². The van der Waals surface area contributed by atoms with Gasteiger partial charge in [0, 0.05) is 12.0 Å². The van der Waals surface area contributed by atoms with Gasteiger partial charge in [0.25, 0.3) is 0 Å². The SMILES string of the molecule is CCN(C)C/C=C(\C)C(C)(C)C(C)=O. The maximum Gasteiger partial charge on any atom is 0.139 e. The van der Waals surface area contributed by atoms with Crippen LogP contribution in [0.2, 0.25) is 0 Å². The van der Waals surface area contributed by atoms with Crippen LogP contribution in [0.1, 0.15) is 34.6 Å². The largest absolute Gasteiger partial charge is 0.303 e. The molecule has 0 rings (SSSR count). The first-order valence-corrected chi connectivity index (χ1v) is 5.19. The Morgan fingerprint density at radius 1 is 1.36 bits per heavy atom. The number of carbonyl (C=O) groups excluding carboxylic acids is 1. The molecule has 0 aliphatic carbocycles. The van der Waals surface area contributed by atoms with Gasteiger partial charge in [-0.05, 0) is 41.3 Å². The quantitative estimate of drug-likeness (QED) is 0.631. The molecule has 0 aromatic heterocycles. The molecule has 0 N–H and O–H groups in total. The van der Waals surface area contributed by atoms with E-state index >= 15 is 0 Å². The molecular weight excluding hydrogens is 174 g/mol. The number of hydrogen-bond donors (Lipinski definition) is 0. The number of ketones is 1. The molecule has 0 saturated carbocycles. The highest BCUT2D eigenvalue weighted by Crippen LogP contribution is 2.26. The summed E-state index contributed by atoms with van der Waals surface area (Å²) in [5.41, 5.74) is 0.847. The van der Waals surface area contributed by atoms with E-state index in [1.54, 1.807) is 6.92 Å². The Bertz CT molecular complexity index is 228. The highest BCUT2D eigenvalue weighted by atomic mass is 16.1. The zero-order valence-electron chi connectivity index (χ0n) is 10.3. The molecule has 0 aromatic carbocycles. The highest BCUT2D eigenvalue weighted by Gasteiger charge is 2.25. The Labute approximate surface area is 88.0 Å². The standard InChI is InChI=1S/C12H23NO/c1-7-13(6)9-8-10(2)12(4,5)11(3)14/h8H,7,9H2,1-6H3/b10-8+. The molecule has 0 radical (unpaired) electrons. The molecule has 0 spiro atoms. The van der Waals surface area contributed by atoms with Crippen molar-refractivity contribution in [2.24, 2.45) is 5.41 Å². The monoisotopic (exact) mass is 197 g/mol. The van der Waals surface area contributed by atoms with Crippen LogP contribution in [-0.4, -0.2) is 30.8 Å². The van der Waals surface area contributed by atoms with E-state index in [0.717, 1.165) is 18.7 Å². The summed E-state index contributed by atoms with van der Waals surface area (Å²) >= 11 is 0. The maximum atomic E-state index is 11.4. The molecule has 0 atom stereocenters. The maximum absolute atomic E-state index is 11.4. The van der Waals surface area contributed by atoms with Crippen LogP contribution in [0.3, 0.4) is 0 Å². The lowest BCUT2D eigenvalue weighted by Crippen LogP contribution is -2.24. The summed E-state index contributed by atoms with van der Waals surface area (Å²) in [5.74, 6) is 0.227. The minimum absolute atomic E-state index is 0.227. The van der Waals surface area contributed by atoms with E-state index in [-0.39, 0.29) is 11.2 Å². The number of carbonyl (C=O) groups is 1. The van der Waals surface area contributed by atoms with Gasteiger partial charge in [0.2, 0.25) is 0 Å². The highest BCUT2D eigenvalue weighted by molar-refractivity contribution is 5.84. The summed E-state index contributed by atoms with van der Waals surface area (Å²) in [5, 5.41) is 0. The molecule has 0 bridgehead atoms. The van der Waals surface area contributed by atoms with Gasteiger partial charge < -0.3 is 4.90 Å². The van der Waals surface area contributed by atoms with Crippen LogP contribution < -0.4 is 0 Å². The van der Waals surface area contributed by atoms with Gasteiger partial charge in [-0.25, -0.2) is 0 Å². The molecular formula is C12H23NO. The fraction of sp³-hybridized carbons (Fsp3) is 0.750. The van der Waals surface area contributed by atoms with Crippen LogP contribution >= 0.6 is 0 Å². The van der Waals surface area contributed by atoms with E-state index in [1.807, 2.05) is 20.8 Å². The molecule has 0 aliphatic rings. The Hall–Kier alpha value is -0.630. The van der Waals surface area contributed by atoms with E-state index in [9.17, 15) is 4.79 Å². The molecule has 2 nitrogen and oxygen atoms in total. The molecule has 0 amide bonds. The molecule has 82 valence electrons. The number of allylic oxidation sites excluding steroid dienone is 1. The van der Waals surface area contributed by atoms with Gasteiger partial charge in [0.05, 0.1) is 0 Å². The van der Waals surface area contributed by atoms with Crippen molar-refractivity contribution >= 4 is 5.78 Å². The van der Waals surface area contributed by atoms with E-state index in [0.29, 0.717) is 0 Å². The Kier molecular flexibility index (Phi) is 5.06. The lowest BCUT2D eigenvalue weighted by molar-refractivity contribution is -0.123. The first-order chi connectivity index (χ1) is 6.32. The van der Waals surface area contributed by atoms with E-state index < -0.39 is 0 Å². The van der Waals surface area contributed by atoms with Crippen LogP contribution in [0.15, 0.2) is 11.6 Å². The van der Waals surface area contributed by atoms with E-state index in [1.165, 1.54) is 0 Å². The number of nitrogens with zero attached hydrogens (tertiary/aromatic N) is 1. The van der Waals surface area contributed by atoms with Crippen molar-refractivity contribution in [3.05, 3.63) is 11.6 Å². The van der Waals surface area contributed by atoms with Crippen molar-refractivity contribution in [2.45, 2.75) is 34.6 Å². The molecule has 0 heterocycles. The average Bonchev–Trinajstić information content (AvgIpc) is 2.12. The molecule has 14 heavy (non-hydrogen) atoms. The van der Waals surface area contributed by atoms with Crippen LogP contribution in [0, 0.1) is 5.41 Å². The summed E-state index contributed by atoms with van der Waals surface area (Å²) in [6, 6.07) is 0. The third-order valence-electron chi connectivity index (χ3n) is 3.11. The third-order valence-corrected chi connectivity index (χ3v) is 3.11. The molecule has 0 aromatic rings. The van der Waals surface area contributed by atoms with Gasteiger partial charge >= 0.3 is 0 Å². The molecule has 2 heteroatoms. The second-order valence-electron chi connectivity index (χ2n) is 4.42. The van der Waals surface area contributed by atoms with Crippen molar-refractivity contribution in [3.8, 4) is 0 Å². The number of hydrogen-bond acceptors (Lipinski definition) is 2. The summed E-state index contributed by atoms with van der Waals surface area (Å²) in [4.78, 5) is 13.6. The zero-order valence-corrected chi connectivity index (χ0v) is 10.3. The first kappa shape index (κ1) is 13.4. The fourth-order valence-electron chi connectivity index (χ4n) is 0.955. The summed E-state index contributed by atoms with van der Waals surface area (Å²) in [6.45, 7) is 11.7. The van der Waals surface area contributed by atoms with Gasteiger partial charge in [-0.1, -0.05) is 18.6 Å². The van der Waals surface area contributed by atoms with Gasteiger partial charge in [0.15, 0.2) is 0 Å². The zero-order chi connectivity index (χ0) is 11.4. The van der Waals surface area contributed by atoms with Gasteiger partial charge in [-0.3, -0.25) is 4.79 Å². The smallest absolute Gasteiger partial charge is 0.139 e. The third kappa shape index (κ3) is 3.62. The second-order valence-corrected chi connectivity index (χ2v) is 4.42. The lowest BCUT2D eigenvalue weighted by atomic mass is 9.81. The van der Waals surface area contributed by atoms with Crippen LogP contribution in [-0.2, 0) is 4.79 Å². The minimum Gasteiger partial charge on any atom is -0.303 e. The summed E-state index contributed by atoms with van der Waals surface area (Å²) in [7, 11) is 2.07. The van der Waals surface area contributed by atoms with Gasteiger partial charge in [0.1, 0.15) is 5.78 Å². The number of Topliss-reactive ketones (excluding diaryl/α,β-unsaturated/α-hetero) is 1. The van der Waals surface area contributed by atoms with Crippen molar-refractivity contribution in [2.75, 3.05) is 20.1 Å². The molecule has 0 aliphatic heterocycles. The number of rotatable bonds is 5. The predicted octanol–water partition coefficient (Wildman–Crippen LogP) is 2.50. The van der Waals surface area contributed by atoms with Crippen molar-refractivity contribution in [1.29, 1.82) is 0 Å². The predicted molar refractivity (Wildman–Crippen MR) is 61.4 cm³/mol. The minimum atomic E-state index is -0.311. The first-order valence-electron chi connectivity index (χ1n) is 5.19. The average molecular weight is 197 g/mol. The Balaban J connectivity index is 4.45. The topological polar surface area (TPSA) is 20.3 Å². The van der Waals surface area contributed by atoms with Crippen molar-refractivity contribution in [1.82, 2.24) is 4.90 Å². The van der Waals surface area contributed by atoms with Crippen molar-refractivity contribution < 1.29 is 4.79 Å². The second kappa shape index (κ2) is 5.30. The number of likely N-dealkylation sites (N-methyl/N-ethyl adjacent to an activating group) is 1. The summed E-state index contributed by atoms with van der Waals surface area (Å²) < 4.78 is 0. The lowest BCUT2D eigenvalue weighted by Gasteiger charge is -2.23. The van der Waals surface area contributed by atoms with Gasteiger partial charge in [-0.2, -0.15) is 0 Å². The van der Waals surface area contributed by atoms with Crippen LogP contribution in [0.25, 0.3) is 0 Å². The molecule has 0 fully saturated rings. The normalized spacial score (nSPS) is 13.5. The Morgan fingerprint density at radius 2 is 1.86 bits per heavy atom. The Morgan fingerprint density at radius 3 is 2.21 bits per heavy atom. The molecule has 0 unspecified atom stereocenters. The van der Waals surface area contributed by atoms with Crippen LogP contribution in [0.5, 0.6) is 0 Å².